The quantitative estimate of drug-likeness (QED) is 0.848. The summed E-state index contributed by atoms with van der Waals surface area (Å²) in [6.45, 7) is 0.385. The zero-order valence-electron chi connectivity index (χ0n) is 9.63. The summed E-state index contributed by atoms with van der Waals surface area (Å²) in [6.07, 6.45) is 0. The number of rotatable bonds is 3. The lowest BCUT2D eigenvalue weighted by Crippen LogP contribution is -2.09. The Labute approximate surface area is 108 Å². The predicted molar refractivity (Wildman–Crippen MR) is 66.3 cm³/mol. The van der Waals surface area contributed by atoms with E-state index in [1.807, 2.05) is 12.1 Å². The first-order chi connectivity index (χ1) is 8.61. The molecule has 0 fully saturated rings. The summed E-state index contributed by atoms with van der Waals surface area (Å²) in [6, 6.07) is 7.27. The molecule has 2 aromatic rings. The van der Waals surface area contributed by atoms with E-state index in [1.54, 1.807) is 12.1 Å². The Morgan fingerprint density at radius 2 is 2.33 bits per heavy atom. The normalized spacial score (nSPS) is 10.3. The first-order valence-electron chi connectivity index (χ1n) is 5.13. The second-order valence-corrected chi connectivity index (χ2v) is 4.04. The standard InChI is InChI=1S/C11H11ClN4O2/c1-18-11(17)9-10(13)16(15-14-9)6-7-3-2-4-8(12)5-7/h2-5H,6,13H2,1H3. The molecule has 7 heteroatoms. The van der Waals surface area contributed by atoms with Gasteiger partial charge in [-0.3, -0.25) is 0 Å². The van der Waals surface area contributed by atoms with E-state index in [0.29, 0.717) is 11.6 Å². The van der Waals surface area contributed by atoms with Crippen molar-refractivity contribution in [1.82, 2.24) is 15.0 Å². The van der Waals surface area contributed by atoms with Crippen LogP contribution in [0.3, 0.4) is 0 Å². The summed E-state index contributed by atoms with van der Waals surface area (Å²) < 4.78 is 5.96. The van der Waals surface area contributed by atoms with Gasteiger partial charge in [-0.2, -0.15) is 0 Å². The summed E-state index contributed by atoms with van der Waals surface area (Å²) in [5, 5.41) is 8.12. The van der Waals surface area contributed by atoms with Gasteiger partial charge in [-0.15, -0.1) is 5.10 Å². The second kappa shape index (κ2) is 5.05. The minimum Gasteiger partial charge on any atom is -0.464 e. The lowest BCUT2D eigenvalue weighted by molar-refractivity contribution is 0.0595. The number of anilines is 1. The summed E-state index contributed by atoms with van der Waals surface area (Å²) in [5.41, 5.74) is 6.70. The smallest absolute Gasteiger partial charge is 0.362 e. The molecule has 0 radical (unpaired) electrons. The van der Waals surface area contributed by atoms with Crippen LogP contribution < -0.4 is 5.73 Å². The molecule has 18 heavy (non-hydrogen) atoms. The highest BCUT2D eigenvalue weighted by Gasteiger charge is 2.17. The van der Waals surface area contributed by atoms with E-state index >= 15 is 0 Å². The first-order valence-corrected chi connectivity index (χ1v) is 5.51. The van der Waals surface area contributed by atoms with Gasteiger partial charge in [0.2, 0.25) is 5.69 Å². The van der Waals surface area contributed by atoms with Gasteiger partial charge in [0.25, 0.3) is 0 Å². The van der Waals surface area contributed by atoms with Gasteiger partial charge in [0.05, 0.1) is 13.7 Å². The average Bonchev–Trinajstić information content (AvgIpc) is 2.70. The molecule has 6 nitrogen and oxygen atoms in total. The van der Waals surface area contributed by atoms with Crippen LogP contribution >= 0.6 is 11.6 Å². The van der Waals surface area contributed by atoms with Crippen molar-refractivity contribution >= 4 is 23.4 Å². The number of halogens is 1. The lowest BCUT2D eigenvalue weighted by Gasteiger charge is -2.03. The van der Waals surface area contributed by atoms with Gasteiger partial charge in [-0.1, -0.05) is 28.9 Å². The molecule has 0 atom stereocenters. The summed E-state index contributed by atoms with van der Waals surface area (Å²) in [4.78, 5) is 11.3. The molecule has 0 saturated carbocycles. The van der Waals surface area contributed by atoms with Crippen LogP contribution in [0.4, 0.5) is 5.82 Å². The van der Waals surface area contributed by atoms with E-state index in [-0.39, 0.29) is 11.5 Å². The second-order valence-electron chi connectivity index (χ2n) is 3.60. The molecule has 2 rings (SSSR count). The van der Waals surface area contributed by atoms with Crippen molar-refractivity contribution in [3.63, 3.8) is 0 Å². The Balaban J connectivity index is 2.25. The first kappa shape index (κ1) is 12.4. The van der Waals surface area contributed by atoms with Crippen LogP contribution in [-0.4, -0.2) is 28.1 Å². The highest BCUT2D eigenvalue weighted by molar-refractivity contribution is 6.30. The molecule has 0 unspecified atom stereocenters. The Hall–Kier alpha value is -2.08. The molecule has 2 N–H and O–H groups in total. The Morgan fingerprint density at radius 3 is 3.00 bits per heavy atom. The van der Waals surface area contributed by atoms with Crippen LogP contribution in [0.25, 0.3) is 0 Å². The SMILES string of the molecule is COC(=O)c1nnn(Cc2cccc(Cl)c2)c1N. The van der Waals surface area contributed by atoms with E-state index in [9.17, 15) is 4.79 Å². The predicted octanol–water partition coefficient (Wildman–Crippen LogP) is 1.35. The molecule has 0 aliphatic rings. The van der Waals surface area contributed by atoms with Crippen molar-refractivity contribution < 1.29 is 9.53 Å². The Morgan fingerprint density at radius 1 is 1.56 bits per heavy atom. The largest absolute Gasteiger partial charge is 0.464 e. The number of carbonyl (C=O) groups excluding carboxylic acids is 1. The minimum absolute atomic E-state index is 0.0135. The van der Waals surface area contributed by atoms with Crippen LogP contribution in [0.5, 0.6) is 0 Å². The van der Waals surface area contributed by atoms with Crippen molar-refractivity contribution in [2.75, 3.05) is 12.8 Å². The van der Waals surface area contributed by atoms with Crippen LogP contribution in [0.15, 0.2) is 24.3 Å². The van der Waals surface area contributed by atoms with Crippen LogP contribution in [0.2, 0.25) is 5.02 Å². The summed E-state index contributed by atoms with van der Waals surface area (Å²) >= 11 is 5.88. The van der Waals surface area contributed by atoms with Crippen molar-refractivity contribution in [1.29, 1.82) is 0 Å². The van der Waals surface area contributed by atoms with Gasteiger partial charge in [-0.05, 0) is 17.7 Å². The van der Waals surface area contributed by atoms with E-state index < -0.39 is 5.97 Å². The van der Waals surface area contributed by atoms with Gasteiger partial charge < -0.3 is 10.5 Å². The fraction of sp³-hybridized carbons (Fsp3) is 0.182. The zero-order chi connectivity index (χ0) is 13.1. The number of ether oxygens (including phenoxy) is 1. The van der Waals surface area contributed by atoms with E-state index in [0.717, 1.165) is 5.56 Å². The van der Waals surface area contributed by atoms with Crippen LogP contribution in [-0.2, 0) is 11.3 Å². The molecule has 1 aromatic carbocycles. The maximum atomic E-state index is 11.3. The Kier molecular flexibility index (Phi) is 3.47. The van der Waals surface area contributed by atoms with Crippen molar-refractivity contribution in [2.45, 2.75) is 6.54 Å². The molecule has 0 bridgehead atoms. The zero-order valence-corrected chi connectivity index (χ0v) is 10.4. The molecule has 0 aliphatic heterocycles. The lowest BCUT2D eigenvalue weighted by atomic mass is 10.2. The molecular formula is C11H11ClN4O2. The number of methoxy groups -OCH3 is 1. The van der Waals surface area contributed by atoms with Gasteiger partial charge in [0.15, 0.2) is 5.82 Å². The molecule has 0 aliphatic carbocycles. The van der Waals surface area contributed by atoms with Crippen molar-refractivity contribution in [3.05, 3.63) is 40.5 Å². The molecule has 0 amide bonds. The number of carbonyl (C=O) groups is 1. The Bertz CT molecular complexity index is 582. The van der Waals surface area contributed by atoms with Gasteiger partial charge in [-0.25, -0.2) is 9.48 Å². The number of hydrogen-bond acceptors (Lipinski definition) is 5. The molecule has 94 valence electrons. The molecular weight excluding hydrogens is 256 g/mol. The molecule has 0 saturated heterocycles. The third-order valence-electron chi connectivity index (χ3n) is 2.37. The van der Waals surface area contributed by atoms with Crippen molar-refractivity contribution in [2.24, 2.45) is 0 Å². The van der Waals surface area contributed by atoms with Crippen LogP contribution in [0, 0.1) is 0 Å². The monoisotopic (exact) mass is 266 g/mol. The average molecular weight is 267 g/mol. The molecule has 1 heterocycles. The third kappa shape index (κ3) is 2.43. The van der Waals surface area contributed by atoms with Gasteiger partial charge in [0.1, 0.15) is 0 Å². The summed E-state index contributed by atoms with van der Waals surface area (Å²) in [5.74, 6) is -0.438. The van der Waals surface area contributed by atoms with Crippen LogP contribution in [0.1, 0.15) is 16.1 Å². The number of nitrogens with zero attached hydrogens (tertiary/aromatic N) is 3. The maximum Gasteiger partial charge on any atom is 0.362 e. The number of nitrogens with two attached hydrogens (primary N) is 1. The van der Waals surface area contributed by atoms with Crippen molar-refractivity contribution in [3.8, 4) is 0 Å². The minimum atomic E-state index is -0.607. The number of esters is 1. The number of nitrogen functional groups attached to an aromatic ring is 1. The molecule has 0 spiro atoms. The fourth-order valence-corrected chi connectivity index (χ4v) is 1.70. The van der Waals surface area contributed by atoms with E-state index in [1.165, 1.54) is 11.8 Å². The fourth-order valence-electron chi connectivity index (χ4n) is 1.49. The number of benzene rings is 1. The highest BCUT2D eigenvalue weighted by Crippen LogP contribution is 2.14. The highest BCUT2D eigenvalue weighted by atomic mass is 35.5. The third-order valence-corrected chi connectivity index (χ3v) is 2.61. The number of hydrogen-bond donors (Lipinski definition) is 1. The van der Waals surface area contributed by atoms with Gasteiger partial charge in [0, 0.05) is 5.02 Å². The summed E-state index contributed by atoms with van der Waals surface area (Å²) in [7, 11) is 1.26. The molecule has 1 aromatic heterocycles. The topological polar surface area (TPSA) is 83.0 Å². The number of aromatic nitrogens is 3. The van der Waals surface area contributed by atoms with Gasteiger partial charge >= 0.3 is 5.97 Å². The van der Waals surface area contributed by atoms with E-state index in [2.05, 4.69) is 15.0 Å². The van der Waals surface area contributed by atoms with E-state index in [4.69, 9.17) is 17.3 Å². The maximum absolute atomic E-state index is 11.3.